The molecule has 1 N–H and O–H groups in total. The van der Waals surface area contributed by atoms with Crippen molar-refractivity contribution in [3.8, 4) is 0 Å². The van der Waals surface area contributed by atoms with E-state index < -0.39 is 24.0 Å². The van der Waals surface area contributed by atoms with Gasteiger partial charge in [0.25, 0.3) is 0 Å². The number of hydrogen-bond donors (Lipinski definition) is 1. The summed E-state index contributed by atoms with van der Waals surface area (Å²) in [6.45, 7) is 6.84. The Bertz CT molecular complexity index is 469. The van der Waals surface area contributed by atoms with Gasteiger partial charge in [-0.1, -0.05) is 52.0 Å². The molecule has 20 heavy (non-hydrogen) atoms. The third-order valence-corrected chi connectivity index (χ3v) is 3.42. The first-order valence-corrected chi connectivity index (χ1v) is 6.34. The molecule has 2 nitrogen and oxygen atoms in total. The fourth-order valence-electron chi connectivity index (χ4n) is 2.02. The Kier molecular flexibility index (Phi) is 4.52. The molecule has 0 aromatic heterocycles. The van der Waals surface area contributed by atoms with E-state index in [0.717, 1.165) is 12.5 Å². The Morgan fingerprint density at radius 1 is 1.10 bits per heavy atom. The molecule has 1 aromatic rings. The molecular weight excluding hydrogens is 269 g/mol. The van der Waals surface area contributed by atoms with Crippen molar-refractivity contribution in [2.45, 2.75) is 45.2 Å². The second-order valence-corrected chi connectivity index (χ2v) is 6.02. The zero-order valence-corrected chi connectivity index (χ0v) is 12.0. The molecule has 0 amide bonds. The minimum atomic E-state index is -4.54. The third kappa shape index (κ3) is 3.74. The standard InChI is InChI=1S/C15H19F3O2/c1-9(15(16,17)18)12(13(19)20)10-5-7-11(8-6-10)14(2,3)4/h5-9,12H,1-4H3,(H,19,20). The van der Waals surface area contributed by atoms with Gasteiger partial charge in [-0.15, -0.1) is 0 Å². The SMILES string of the molecule is CC(C(C(=O)O)c1ccc(C(C)(C)C)cc1)C(F)(F)F. The molecule has 0 aliphatic rings. The molecule has 0 saturated heterocycles. The third-order valence-electron chi connectivity index (χ3n) is 3.42. The van der Waals surface area contributed by atoms with Crippen molar-refractivity contribution >= 4 is 5.97 Å². The number of alkyl halides is 3. The van der Waals surface area contributed by atoms with Gasteiger partial charge < -0.3 is 5.11 Å². The van der Waals surface area contributed by atoms with Gasteiger partial charge in [-0.05, 0) is 16.5 Å². The first-order valence-electron chi connectivity index (χ1n) is 6.34. The lowest BCUT2D eigenvalue weighted by molar-refractivity contribution is -0.183. The van der Waals surface area contributed by atoms with Crippen molar-refractivity contribution in [1.82, 2.24) is 0 Å². The van der Waals surface area contributed by atoms with Crippen molar-refractivity contribution in [1.29, 1.82) is 0 Å². The summed E-state index contributed by atoms with van der Waals surface area (Å²) in [4.78, 5) is 11.2. The highest BCUT2D eigenvalue weighted by Crippen LogP contribution is 2.38. The lowest BCUT2D eigenvalue weighted by Gasteiger charge is -2.24. The van der Waals surface area contributed by atoms with Crippen LogP contribution in [-0.4, -0.2) is 17.3 Å². The summed E-state index contributed by atoms with van der Waals surface area (Å²) in [5, 5.41) is 9.09. The Labute approximate surface area is 116 Å². The molecule has 112 valence electrons. The zero-order chi connectivity index (χ0) is 15.7. The van der Waals surface area contributed by atoms with E-state index in [9.17, 15) is 18.0 Å². The van der Waals surface area contributed by atoms with E-state index in [1.54, 1.807) is 12.1 Å². The molecule has 0 bridgehead atoms. The number of carbonyl (C=O) groups is 1. The highest BCUT2D eigenvalue weighted by Gasteiger charge is 2.45. The molecule has 0 aliphatic carbocycles. The Morgan fingerprint density at radius 3 is 1.85 bits per heavy atom. The number of halogens is 3. The number of benzene rings is 1. The molecule has 0 spiro atoms. The average molecular weight is 288 g/mol. The van der Waals surface area contributed by atoms with Crippen LogP contribution in [-0.2, 0) is 10.2 Å². The summed E-state index contributed by atoms with van der Waals surface area (Å²) in [7, 11) is 0. The van der Waals surface area contributed by atoms with E-state index >= 15 is 0 Å². The number of carboxylic acid groups (broad SMARTS) is 1. The van der Waals surface area contributed by atoms with Gasteiger partial charge in [-0.3, -0.25) is 4.79 Å². The van der Waals surface area contributed by atoms with Crippen LogP contribution in [0.1, 0.15) is 44.7 Å². The van der Waals surface area contributed by atoms with E-state index in [-0.39, 0.29) is 11.0 Å². The second-order valence-electron chi connectivity index (χ2n) is 6.02. The van der Waals surface area contributed by atoms with E-state index in [1.165, 1.54) is 12.1 Å². The van der Waals surface area contributed by atoms with Crippen LogP contribution in [0.25, 0.3) is 0 Å². The monoisotopic (exact) mass is 288 g/mol. The molecule has 0 saturated carbocycles. The Balaban J connectivity index is 3.15. The minimum Gasteiger partial charge on any atom is -0.481 e. The molecular formula is C15H19F3O2. The van der Waals surface area contributed by atoms with Crippen molar-refractivity contribution in [3.63, 3.8) is 0 Å². The van der Waals surface area contributed by atoms with Crippen LogP contribution in [0.5, 0.6) is 0 Å². The molecule has 1 aromatic carbocycles. The summed E-state index contributed by atoms with van der Waals surface area (Å²) < 4.78 is 38.3. The minimum absolute atomic E-state index is 0.132. The molecule has 1 rings (SSSR count). The van der Waals surface area contributed by atoms with Gasteiger partial charge >= 0.3 is 12.1 Å². The maximum absolute atomic E-state index is 12.8. The van der Waals surface area contributed by atoms with E-state index in [2.05, 4.69) is 0 Å². The molecule has 2 atom stereocenters. The van der Waals surface area contributed by atoms with Crippen LogP contribution >= 0.6 is 0 Å². The average Bonchev–Trinajstić information content (AvgIpc) is 2.26. The van der Waals surface area contributed by atoms with Crippen LogP contribution in [0.3, 0.4) is 0 Å². The van der Waals surface area contributed by atoms with Gasteiger partial charge in [0.2, 0.25) is 0 Å². The summed E-state index contributed by atoms with van der Waals surface area (Å²) in [6.07, 6.45) is -4.54. The summed E-state index contributed by atoms with van der Waals surface area (Å²) in [5.41, 5.74) is 0.993. The fourth-order valence-corrected chi connectivity index (χ4v) is 2.02. The number of rotatable bonds is 3. The van der Waals surface area contributed by atoms with E-state index in [1.807, 2.05) is 20.8 Å². The Morgan fingerprint density at radius 2 is 1.55 bits per heavy atom. The van der Waals surface area contributed by atoms with Gasteiger partial charge in [0.1, 0.15) is 0 Å². The van der Waals surface area contributed by atoms with E-state index in [0.29, 0.717) is 0 Å². The van der Waals surface area contributed by atoms with Gasteiger partial charge in [0.15, 0.2) is 0 Å². The van der Waals surface area contributed by atoms with Crippen LogP contribution in [0.2, 0.25) is 0 Å². The maximum atomic E-state index is 12.8. The predicted molar refractivity (Wildman–Crippen MR) is 70.7 cm³/mol. The second kappa shape index (κ2) is 5.46. The highest BCUT2D eigenvalue weighted by molar-refractivity contribution is 5.76. The van der Waals surface area contributed by atoms with Crippen LogP contribution in [0.4, 0.5) is 13.2 Å². The Hall–Kier alpha value is -1.52. The first kappa shape index (κ1) is 16.5. The molecule has 0 radical (unpaired) electrons. The zero-order valence-electron chi connectivity index (χ0n) is 12.0. The lowest BCUT2D eigenvalue weighted by atomic mass is 9.83. The quantitative estimate of drug-likeness (QED) is 0.897. The summed E-state index contributed by atoms with van der Waals surface area (Å²) in [6, 6.07) is 6.33. The lowest BCUT2D eigenvalue weighted by Crippen LogP contribution is -2.31. The van der Waals surface area contributed by atoms with Gasteiger partial charge in [0, 0.05) is 0 Å². The van der Waals surface area contributed by atoms with Gasteiger partial charge in [0.05, 0.1) is 11.8 Å². The molecule has 0 aliphatic heterocycles. The van der Waals surface area contributed by atoms with Crippen LogP contribution < -0.4 is 0 Å². The van der Waals surface area contributed by atoms with Gasteiger partial charge in [-0.2, -0.15) is 13.2 Å². The number of hydrogen-bond acceptors (Lipinski definition) is 1. The molecule has 0 heterocycles. The number of carboxylic acids is 1. The topological polar surface area (TPSA) is 37.3 Å². The number of aliphatic carboxylic acids is 1. The normalized spacial score (nSPS) is 15.8. The molecule has 0 fully saturated rings. The smallest absolute Gasteiger partial charge is 0.392 e. The van der Waals surface area contributed by atoms with Crippen molar-refractivity contribution in [2.75, 3.05) is 0 Å². The van der Waals surface area contributed by atoms with Crippen LogP contribution in [0, 0.1) is 5.92 Å². The summed E-state index contributed by atoms with van der Waals surface area (Å²) in [5.74, 6) is -4.97. The summed E-state index contributed by atoms with van der Waals surface area (Å²) >= 11 is 0. The first-order chi connectivity index (χ1) is 8.94. The fraction of sp³-hybridized carbons (Fsp3) is 0.533. The highest BCUT2D eigenvalue weighted by atomic mass is 19.4. The van der Waals surface area contributed by atoms with E-state index in [4.69, 9.17) is 5.11 Å². The largest absolute Gasteiger partial charge is 0.481 e. The van der Waals surface area contributed by atoms with Gasteiger partial charge in [-0.25, -0.2) is 0 Å². The molecule has 2 unspecified atom stereocenters. The van der Waals surface area contributed by atoms with Crippen molar-refractivity contribution in [2.24, 2.45) is 5.92 Å². The van der Waals surface area contributed by atoms with Crippen LogP contribution in [0.15, 0.2) is 24.3 Å². The van der Waals surface area contributed by atoms with Crippen molar-refractivity contribution in [3.05, 3.63) is 35.4 Å². The predicted octanol–water partition coefficient (Wildman–Crippen LogP) is 4.35. The molecule has 5 heteroatoms. The maximum Gasteiger partial charge on any atom is 0.392 e. The van der Waals surface area contributed by atoms with Crippen molar-refractivity contribution < 1.29 is 23.1 Å².